The van der Waals surface area contributed by atoms with Crippen molar-refractivity contribution < 1.29 is 9.47 Å². The highest BCUT2D eigenvalue weighted by molar-refractivity contribution is 5.97. The van der Waals surface area contributed by atoms with E-state index in [4.69, 9.17) is 15.2 Å². The summed E-state index contributed by atoms with van der Waals surface area (Å²) in [6.07, 6.45) is 2.35. The first-order valence-electron chi connectivity index (χ1n) is 19.7. The Morgan fingerprint density at radius 1 is 0.677 bits per heavy atom. The molecule has 62 heavy (non-hydrogen) atoms. The summed E-state index contributed by atoms with van der Waals surface area (Å²) in [4.78, 5) is 4.68. The molecule has 6 aromatic carbocycles. The Kier molecular flexibility index (Phi) is 14.0. The summed E-state index contributed by atoms with van der Waals surface area (Å²) in [5, 5.41) is 25.2. The lowest BCUT2D eigenvalue weighted by molar-refractivity contribution is 0.301. The molecule has 13 heteroatoms. The zero-order valence-corrected chi connectivity index (χ0v) is 34.4. The van der Waals surface area contributed by atoms with Crippen LogP contribution in [-0.4, -0.2) is 40.4 Å². The van der Waals surface area contributed by atoms with Crippen LogP contribution in [0.3, 0.4) is 0 Å². The standard InChI is InChI=1S/C49H43N11O2/c1-35(52-48(50)40-20-24-42(25-21-40)53-58-55-46-10-6-4-8-38(46)18-12-36-14-28-44(61-3)29-15-36)32-33-62-45-30-16-37(17-31-45)13-19-39-9-5-7-11-47(39)56-59-54-43-26-22-41(23-27-43)49-57-51-34-60(49)2/h4-11,14-17,20-31,34-35H,32-33H2,1-3H3,(H2,50,52)(H,53,55)(H,54,56). The van der Waals surface area contributed by atoms with Crippen molar-refractivity contribution in [3.05, 3.63) is 180 Å². The third-order valence-corrected chi connectivity index (χ3v) is 9.31. The molecule has 0 amide bonds. The van der Waals surface area contributed by atoms with Crippen molar-refractivity contribution in [2.24, 2.45) is 38.4 Å². The minimum atomic E-state index is -0.0533. The average Bonchev–Trinajstić information content (AvgIpc) is 3.74. The molecule has 0 saturated heterocycles. The minimum absolute atomic E-state index is 0.0533. The van der Waals surface area contributed by atoms with Crippen LogP contribution >= 0.6 is 0 Å². The van der Waals surface area contributed by atoms with E-state index in [1.54, 1.807) is 13.4 Å². The number of hydrogen-bond acceptors (Lipinski definition) is 9. The summed E-state index contributed by atoms with van der Waals surface area (Å²) in [7, 11) is 3.54. The van der Waals surface area contributed by atoms with E-state index in [1.807, 2.05) is 164 Å². The van der Waals surface area contributed by atoms with Gasteiger partial charge < -0.3 is 19.8 Å². The van der Waals surface area contributed by atoms with Crippen molar-refractivity contribution in [1.82, 2.24) is 14.8 Å². The van der Waals surface area contributed by atoms with Crippen molar-refractivity contribution in [3.63, 3.8) is 0 Å². The van der Waals surface area contributed by atoms with E-state index >= 15 is 0 Å². The van der Waals surface area contributed by atoms with Gasteiger partial charge in [0.2, 0.25) is 0 Å². The van der Waals surface area contributed by atoms with Gasteiger partial charge in [-0.05, 0) is 128 Å². The maximum absolute atomic E-state index is 6.37. The summed E-state index contributed by atoms with van der Waals surface area (Å²) in [6.45, 7) is 2.49. The normalized spacial score (nSPS) is 11.6. The van der Waals surface area contributed by atoms with Gasteiger partial charge in [0.05, 0.1) is 42.3 Å². The minimum Gasteiger partial charge on any atom is -0.497 e. The van der Waals surface area contributed by atoms with Gasteiger partial charge in [-0.1, -0.05) is 58.4 Å². The molecular weight excluding hydrogens is 775 g/mol. The molecule has 1 aromatic heterocycles. The Balaban J connectivity index is 0.853. The van der Waals surface area contributed by atoms with Crippen LogP contribution in [0.15, 0.2) is 178 Å². The number of aryl methyl sites for hydroxylation is 1. The molecule has 0 aliphatic rings. The number of rotatable bonds is 14. The second kappa shape index (κ2) is 20.9. The molecule has 13 nitrogen and oxygen atoms in total. The zero-order chi connectivity index (χ0) is 42.9. The van der Waals surface area contributed by atoms with E-state index in [2.05, 4.69) is 70.4 Å². The maximum atomic E-state index is 6.37. The van der Waals surface area contributed by atoms with Crippen LogP contribution in [0, 0.1) is 23.7 Å². The van der Waals surface area contributed by atoms with Crippen molar-refractivity contribution in [3.8, 4) is 46.6 Å². The predicted molar refractivity (Wildman–Crippen MR) is 244 cm³/mol. The molecule has 7 aromatic rings. The van der Waals surface area contributed by atoms with Gasteiger partial charge in [-0.15, -0.1) is 20.4 Å². The summed E-state index contributed by atoms with van der Waals surface area (Å²) < 4.78 is 13.1. The Morgan fingerprint density at radius 2 is 1.21 bits per heavy atom. The number of methoxy groups -OCH3 is 1. The van der Waals surface area contributed by atoms with Crippen LogP contribution in [-0.2, 0) is 7.05 Å². The third-order valence-electron chi connectivity index (χ3n) is 9.31. The Labute approximate surface area is 360 Å². The molecule has 0 aliphatic heterocycles. The van der Waals surface area contributed by atoms with Gasteiger partial charge in [0, 0.05) is 35.7 Å². The number of hydrogen-bond donors (Lipinski definition) is 3. The highest BCUT2D eigenvalue weighted by Gasteiger charge is 2.07. The fourth-order valence-electron chi connectivity index (χ4n) is 5.87. The molecule has 0 bridgehead atoms. The summed E-state index contributed by atoms with van der Waals surface area (Å²) in [6, 6.07) is 45.7. The van der Waals surface area contributed by atoms with Crippen LogP contribution in [0.1, 0.15) is 41.2 Å². The Hall–Kier alpha value is -8.55. The van der Waals surface area contributed by atoms with E-state index in [0.717, 1.165) is 62.1 Å². The molecule has 1 atom stereocenters. The van der Waals surface area contributed by atoms with Crippen molar-refractivity contribution >= 4 is 28.6 Å². The third kappa shape index (κ3) is 11.8. The van der Waals surface area contributed by atoms with Gasteiger partial charge in [-0.3, -0.25) is 15.8 Å². The van der Waals surface area contributed by atoms with E-state index in [9.17, 15) is 0 Å². The molecule has 1 unspecified atom stereocenters. The van der Waals surface area contributed by atoms with Crippen LogP contribution in [0.2, 0.25) is 0 Å². The summed E-state index contributed by atoms with van der Waals surface area (Å²) >= 11 is 0. The molecule has 306 valence electrons. The molecular formula is C49H43N11O2. The first kappa shape index (κ1) is 41.6. The first-order valence-corrected chi connectivity index (χ1v) is 19.7. The van der Waals surface area contributed by atoms with Gasteiger partial charge in [-0.25, -0.2) is 0 Å². The maximum Gasteiger partial charge on any atom is 0.163 e. The van der Waals surface area contributed by atoms with E-state index in [0.29, 0.717) is 30.2 Å². The number of nitrogens with one attached hydrogen (secondary N) is 2. The van der Waals surface area contributed by atoms with Gasteiger partial charge in [0.15, 0.2) is 5.82 Å². The smallest absolute Gasteiger partial charge is 0.163 e. The van der Waals surface area contributed by atoms with Gasteiger partial charge in [-0.2, -0.15) is 0 Å². The number of ether oxygens (including phenoxy) is 2. The van der Waals surface area contributed by atoms with E-state index < -0.39 is 0 Å². The number of aliphatic imine (C=N–C) groups is 1. The largest absolute Gasteiger partial charge is 0.497 e. The number of amidine groups is 1. The lowest BCUT2D eigenvalue weighted by Crippen LogP contribution is -2.18. The zero-order valence-electron chi connectivity index (χ0n) is 34.4. The van der Waals surface area contributed by atoms with Crippen LogP contribution < -0.4 is 26.1 Å². The Morgan fingerprint density at radius 3 is 1.74 bits per heavy atom. The molecule has 0 spiro atoms. The van der Waals surface area contributed by atoms with Crippen LogP contribution in [0.4, 0.5) is 22.7 Å². The van der Waals surface area contributed by atoms with Gasteiger partial charge >= 0.3 is 0 Å². The monoisotopic (exact) mass is 817 g/mol. The van der Waals surface area contributed by atoms with Crippen LogP contribution in [0.25, 0.3) is 11.4 Å². The number of anilines is 2. The van der Waals surface area contributed by atoms with E-state index in [1.165, 1.54) is 0 Å². The highest BCUT2D eigenvalue weighted by Crippen LogP contribution is 2.23. The van der Waals surface area contributed by atoms with Crippen molar-refractivity contribution in [2.45, 2.75) is 19.4 Å². The summed E-state index contributed by atoms with van der Waals surface area (Å²) in [5.74, 6) is 15.5. The van der Waals surface area contributed by atoms with Crippen LogP contribution in [0.5, 0.6) is 11.5 Å². The second-order valence-electron chi connectivity index (χ2n) is 13.8. The van der Waals surface area contributed by atoms with Gasteiger partial charge in [0.1, 0.15) is 35.0 Å². The number of aromatic nitrogens is 3. The predicted octanol–water partition coefficient (Wildman–Crippen LogP) is 10.1. The van der Waals surface area contributed by atoms with Crippen molar-refractivity contribution in [2.75, 3.05) is 24.6 Å². The molecule has 1 heterocycles. The second-order valence-corrected chi connectivity index (χ2v) is 13.8. The Bertz CT molecular complexity index is 2790. The first-order chi connectivity index (χ1) is 30.4. The lowest BCUT2D eigenvalue weighted by Gasteiger charge is -2.11. The fourth-order valence-corrected chi connectivity index (χ4v) is 5.87. The lowest BCUT2D eigenvalue weighted by atomic mass is 10.1. The quantitative estimate of drug-likeness (QED) is 0.0324. The highest BCUT2D eigenvalue weighted by atomic mass is 16.5. The fraction of sp³-hybridized carbons (Fsp3) is 0.122. The number of benzene rings is 6. The average molecular weight is 818 g/mol. The SMILES string of the molecule is COc1ccc(C#Cc2ccccc2N=NNc2ccc(C(N)=NC(C)CCOc3ccc(C#Cc4ccccc4N=NNc4ccc(-c5nncn5C)cc4)cc3)cc2)cc1. The summed E-state index contributed by atoms with van der Waals surface area (Å²) in [5.41, 5.74) is 20.2. The van der Waals surface area contributed by atoms with E-state index in [-0.39, 0.29) is 6.04 Å². The van der Waals surface area contributed by atoms with Crippen molar-refractivity contribution in [1.29, 1.82) is 0 Å². The molecule has 0 aliphatic carbocycles. The number of nitrogens with two attached hydrogens (primary N) is 1. The number of nitrogens with zero attached hydrogens (tertiary/aromatic N) is 8. The molecule has 0 saturated carbocycles. The molecule has 0 fully saturated rings. The topological polar surface area (TPSA) is 161 Å². The molecule has 4 N–H and O–H groups in total. The van der Waals surface area contributed by atoms with Gasteiger partial charge in [0.25, 0.3) is 0 Å². The molecule has 7 rings (SSSR count). The molecule has 0 radical (unpaired) electrons.